The van der Waals surface area contributed by atoms with Crippen molar-refractivity contribution in [3.8, 4) is 0 Å². The molecule has 3 N–H and O–H groups in total. The fraction of sp³-hybridized carbons (Fsp3) is 0.625. The Morgan fingerprint density at radius 2 is 1.92 bits per heavy atom. The van der Waals surface area contributed by atoms with Gasteiger partial charge in [-0.05, 0) is 12.5 Å². The third-order valence-corrected chi connectivity index (χ3v) is 1.58. The zero-order valence-corrected chi connectivity index (χ0v) is 7.03. The molecule has 0 saturated heterocycles. The molecular formula is C8H14O4. The monoisotopic (exact) mass is 174 g/mol. The van der Waals surface area contributed by atoms with Gasteiger partial charge in [-0.3, -0.25) is 4.79 Å². The zero-order valence-electron chi connectivity index (χ0n) is 7.03. The minimum absolute atomic E-state index is 0.00292. The molecule has 0 rings (SSSR count). The Morgan fingerprint density at radius 3 is 2.25 bits per heavy atom. The van der Waals surface area contributed by atoms with Crippen molar-refractivity contribution < 1.29 is 20.1 Å². The molecule has 0 amide bonds. The maximum Gasteiger partial charge on any atom is 0.155 e. The summed E-state index contributed by atoms with van der Waals surface area (Å²) in [4.78, 5) is 10.6. The van der Waals surface area contributed by atoms with Crippen LogP contribution >= 0.6 is 0 Å². The van der Waals surface area contributed by atoms with Crippen LogP contribution < -0.4 is 0 Å². The standard InChI is InChI=1S/C8H14O4/c1-5(6(2)10)3-7(11)8(12)4-9/h7-9,11-12H,1,3-4H2,2H3. The van der Waals surface area contributed by atoms with Crippen LogP contribution in [0.25, 0.3) is 0 Å². The summed E-state index contributed by atoms with van der Waals surface area (Å²) in [5.41, 5.74) is 0.245. The highest BCUT2D eigenvalue weighted by molar-refractivity contribution is 5.92. The number of aliphatic hydroxyl groups is 3. The number of carbonyl (C=O) groups is 1. The maximum absolute atomic E-state index is 10.6. The fourth-order valence-corrected chi connectivity index (χ4v) is 0.654. The number of ketones is 1. The molecule has 0 aliphatic carbocycles. The molecule has 0 heterocycles. The lowest BCUT2D eigenvalue weighted by molar-refractivity contribution is -0.114. The normalized spacial score (nSPS) is 15.3. The highest BCUT2D eigenvalue weighted by Gasteiger charge is 2.17. The maximum atomic E-state index is 10.6. The van der Waals surface area contributed by atoms with E-state index in [1.807, 2.05) is 0 Å². The first-order valence-electron chi connectivity index (χ1n) is 3.64. The van der Waals surface area contributed by atoms with Crippen LogP contribution in [0, 0.1) is 0 Å². The summed E-state index contributed by atoms with van der Waals surface area (Å²) < 4.78 is 0. The van der Waals surface area contributed by atoms with Gasteiger partial charge in [0.15, 0.2) is 5.78 Å². The molecule has 70 valence electrons. The van der Waals surface area contributed by atoms with Gasteiger partial charge in [-0.1, -0.05) is 6.58 Å². The molecule has 0 aromatic rings. The van der Waals surface area contributed by atoms with E-state index in [0.717, 1.165) is 0 Å². The number of rotatable bonds is 5. The van der Waals surface area contributed by atoms with Gasteiger partial charge in [-0.15, -0.1) is 0 Å². The molecule has 2 unspecified atom stereocenters. The van der Waals surface area contributed by atoms with Crippen molar-refractivity contribution >= 4 is 5.78 Å². The predicted octanol–water partition coefficient (Wildman–Crippen LogP) is -0.764. The molecule has 0 aromatic heterocycles. The smallest absolute Gasteiger partial charge is 0.155 e. The van der Waals surface area contributed by atoms with Crippen LogP contribution in [0.4, 0.5) is 0 Å². The third-order valence-electron chi connectivity index (χ3n) is 1.58. The molecule has 0 aliphatic rings. The summed E-state index contributed by atoms with van der Waals surface area (Å²) in [5.74, 6) is -0.223. The molecule has 0 radical (unpaired) electrons. The first kappa shape index (κ1) is 11.3. The fourth-order valence-electron chi connectivity index (χ4n) is 0.654. The van der Waals surface area contributed by atoms with Gasteiger partial charge in [0.25, 0.3) is 0 Å². The van der Waals surface area contributed by atoms with Crippen molar-refractivity contribution in [2.75, 3.05) is 6.61 Å². The first-order valence-corrected chi connectivity index (χ1v) is 3.64. The van der Waals surface area contributed by atoms with Crippen LogP contribution in [0.2, 0.25) is 0 Å². The van der Waals surface area contributed by atoms with E-state index in [4.69, 9.17) is 15.3 Å². The minimum Gasteiger partial charge on any atom is -0.394 e. The SMILES string of the molecule is C=C(CC(O)C(O)CO)C(C)=O. The molecule has 0 fully saturated rings. The summed E-state index contributed by atoms with van der Waals surface area (Å²) in [6.45, 7) is 4.22. The highest BCUT2D eigenvalue weighted by Crippen LogP contribution is 2.07. The number of aliphatic hydroxyl groups excluding tert-OH is 3. The molecule has 2 atom stereocenters. The molecule has 0 aromatic carbocycles. The average molecular weight is 174 g/mol. The largest absolute Gasteiger partial charge is 0.394 e. The van der Waals surface area contributed by atoms with Gasteiger partial charge in [0.2, 0.25) is 0 Å². The molecule has 0 saturated carbocycles. The first-order chi connectivity index (χ1) is 5.49. The van der Waals surface area contributed by atoms with Gasteiger partial charge in [-0.25, -0.2) is 0 Å². The molecule has 0 aliphatic heterocycles. The van der Waals surface area contributed by atoms with Crippen LogP contribution in [0.15, 0.2) is 12.2 Å². The van der Waals surface area contributed by atoms with E-state index >= 15 is 0 Å². The van der Waals surface area contributed by atoms with Gasteiger partial charge < -0.3 is 15.3 Å². The lowest BCUT2D eigenvalue weighted by Gasteiger charge is -2.15. The van der Waals surface area contributed by atoms with Crippen LogP contribution in [-0.4, -0.2) is 39.9 Å². The molecule has 0 bridgehead atoms. The zero-order chi connectivity index (χ0) is 9.72. The van der Waals surface area contributed by atoms with Gasteiger partial charge in [-0.2, -0.15) is 0 Å². The van der Waals surface area contributed by atoms with E-state index in [0.29, 0.717) is 0 Å². The summed E-state index contributed by atoms with van der Waals surface area (Å²) in [5, 5.41) is 26.5. The third kappa shape index (κ3) is 3.61. The van der Waals surface area contributed by atoms with Crippen molar-refractivity contribution in [2.45, 2.75) is 25.6 Å². The topological polar surface area (TPSA) is 77.8 Å². The van der Waals surface area contributed by atoms with Gasteiger partial charge in [0.05, 0.1) is 12.7 Å². The van der Waals surface area contributed by atoms with Gasteiger partial charge >= 0.3 is 0 Å². The summed E-state index contributed by atoms with van der Waals surface area (Å²) in [7, 11) is 0. The van der Waals surface area contributed by atoms with E-state index in [1.165, 1.54) is 6.92 Å². The van der Waals surface area contributed by atoms with E-state index in [-0.39, 0.29) is 17.8 Å². The average Bonchev–Trinajstić information content (AvgIpc) is 2.02. The second-order valence-corrected chi connectivity index (χ2v) is 2.68. The Kier molecular flexibility index (Phi) is 4.73. The number of hydrogen-bond donors (Lipinski definition) is 3. The van der Waals surface area contributed by atoms with Crippen molar-refractivity contribution in [3.63, 3.8) is 0 Å². The summed E-state index contributed by atoms with van der Waals surface area (Å²) in [6, 6.07) is 0. The van der Waals surface area contributed by atoms with Crippen LogP contribution in [0.5, 0.6) is 0 Å². The van der Waals surface area contributed by atoms with E-state index < -0.39 is 18.8 Å². The van der Waals surface area contributed by atoms with Crippen LogP contribution in [0.3, 0.4) is 0 Å². The van der Waals surface area contributed by atoms with Gasteiger partial charge in [0.1, 0.15) is 6.10 Å². The molecule has 0 spiro atoms. The molecule has 4 nitrogen and oxygen atoms in total. The van der Waals surface area contributed by atoms with Crippen molar-refractivity contribution in [2.24, 2.45) is 0 Å². The molecule has 4 heteroatoms. The number of Topliss-reactive ketones (excluding diaryl/α,β-unsaturated/α-hetero) is 1. The number of carbonyl (C=O) groups excluding carboxylic acids is 1. The van der Waals surface area contributed by atoms with Gasteiger partial charge in [0, 0.05) is 6.42 Å². The Balaban J connectivity index is 3.92. The van der Waals surface area contributed by atoms with Crippen molar-refractivity contribution in [1.82, 2.24) is 0 Å². The summed E-state index contributed by atoms with van der Waals surface area (Å²) >= 11 is 0. The Bertz CT molecular complexity index is 176. The Morgan fingerprint density at radius 1 is 1.42 bits per heavy atom. The van der Waals surface area contributed by atoms with Crippen LogP contribution in [0.1, 0.15) is 13.3 Å². The second kappa shape index (κ2) is 5.03. The lowest BCUT2D eigenvalue weighted by atomic mass is 10.0. The highest BCUT2D eigenvalue weighted by atomic mass is 16.4. The quantitative estimate of drug-likeness (QED) is 0.478. The van der Waals surface area contributed by atoms with Crippen LogP contribution in [-0.2, 0) is 4.79 Å². The van der Waals surface area contributed by atoms with Crippen molar-refractivity contribution in [3.05, 3.63) is 12.2 Å². The molecule has 12 heavy (non-hydrogen) atoms. The second-order valence-electron chi connectivity index (χ2n) is 2.68. The van der Waals surface area contributed by atoms with E-state index in [2.05, 4.69) is 6.58 Å². The Labute approximate surface area is 71.1 Å². The molecular weight excluding hydrogens is 160 g/mol. The van der Waals surface area contributed by atoms with E-state index in [9.17, 15) is 4.79 Å². The predicted molar refractivity (Wildman–Crippen MR) is 43.5 cm³/mol. The minimum atomic E-state index is -1.21. The van der Waals surface area contributed by atoms with Crippen molar-refractivity contribution in [1.29, 1.82) is 0 Å². The Hall–Kier alpha value is -0.710. The number of hydrogen-bond acceptors (Lipinski definition) is 4. The van der Waals surface area contributed by atoms with E-state index in [1.54, 1.807) is 0 Å². The lowest BCUT2D eigenvalue weighted by Crippen LogP contribution is -2.30. The summed E-state index contributed by atoms with van der Waals surface area (Å²) in [6.07, 6.45) is -2.33.